The highest BCUT2D eigenvalue weighted by Crippen LogP contribution is 2.17. The van der Waals surface area contributed by atoms with Crippen molar-refractivity contribution in [2.24, 2.45) is 0 Å². The number of hydrogen-bond donors (Lipinski definition) is 3. The van der Waals surface area contributed by atoms with E-state index in [0.717, 1.165) is 24.4 Å². The van der Waals surface area contributed by atoms with Crippen LogP contribution >= 0.6 is 11.8 Å². The monoisotopic (exact) mass is 309 g/mol. The first-order valence-corrected chi connectivity index (χ1v) is 8.86. The molecule has 5 heteroatoms. The lowest BCUT2D eigenvalue weighted by molar-refractivity contribution is 0.250. The first kappa shape index (κ1) is 17.9. The maximum absolute atomic E-state index is 11.9. The van der Waals surface area contributed by atoms with E-state index < -0.39 is 0 Å². The average Bonchev–Trinajstić information content (AvgIpc) is 2.45. The van der Waals surface area contributed by atoms with Crippen molar-refractivity contribution in [1.29, 1.82) is 0 Å². The van der Waals surface area contributed by atoms with Crippen molar-refractivity contribution < 1.29 is 4.79 Å². The number of carbonyl (C=O) groups excluding carboxylic acids is 1. The van der Waals surface area contributed by atoms with Crippen molar-refractivity contribution in [2.75, 3.05) is 23.9 Å². The van der Waals surface area contributed by atoms with E-state index in [1.54, 1.807) is 11.8 Å². The molecule has 21 heavy (non-hydrogen) atoms. The van der Waals surface area contributed by atoms with E-state index in [9.17, 15) is 4.79 Å². The predicted molar refractivity (Wildman–Crippen MR) is 93.1 cm³/mol. The second-order valence-corrected chi connectivity index (χ2v) is 6.17. The molecule has 4 nitrogen and oxygen atoms in total. The van der Waals surface area contributed by atoms with Crippen molar-refractivity contribution in [3.05, 3.63) is 29.8 Å². The van der Waals surface area contributed by atoms with Gasteiger partial charge in [0.25, 0.3) is 0 Å². The molecule has 2 amide bonds. The van der Waals surface area contributed by atoms with Crippen LogP contribution in [0.5, 0.6) is 0 Å². The molecule has 1 aromatic rings. The third-order valence-electron chi connectivity index (χ3n) is 3.14. The molecule has 0 fully saturated rings. The third-order valence-corrected chi connectivity index (χ3v) is 3.97. The van der Waals surface area contributed by atoms with Gasteiger partial charge < -0.3 is 16.0 Å². The first-order chi connectivity index (χ1) is 10.1. The third kappa shape index (κ3) is 6.87. The number of carbonyl (C=O) groups is 1. The van der Waals surface area contributed by atoms with Crippen LogP contribution in [0.15, 0.2) is 24.3 Å². The van der Waals surface area contributed by atoms with E-state index in [0.29, 0.717) is 0 Å². The van der Waals surface area contributed by atoms with Gasteiger partial charge in [-0.3, -0.25) is 0 Å². The Bertz CT molecular complexity index is 439. The highest BCUT2D eigenvalue weighted by atomic mass is 32.2. The smallest absolute Gasteiger partial charge is 0.319 e. The van der Waals surface area contributed by atoms with E-state index in [-0.39, 0.29) is 18.1 Å². The fourth-order valence-electron chi connectivity index (χ4n) is 2.05. The lowest BCUT2D eigenvalue weighted by Crippen LogP contribution is -2.37. The van der Waals surface area contributed by atoms with E-state index >= 15 is 0 Å². The summed E-state index contributed by atoms with van der Waals surface area (Å²) < 4.78 is 0. The second-order valence-electron chi connectivity index (χ2n) is 5.26. The molecule has 0 saturated heterocycles. The van der Waals surface area contributed by atoms with E-state index in [1.807, 2.05) is 31.4 Å². The molecule has 0 aromatic heterocycles. The number of anilines is 1. The van der Waals surface area contributed by atoms with Crippen LogP contribution in [0.4, 0.5) is 10.5 Å². The lowest BCUT2D eigenvalue weighted by Gasteiger charge is -2.16. The maximum atomic E-state index is 11.9. The van der Waals surface area contributed by atoms with Gasteiger partial charge in [-0.05, 0) is 50.8 Å². The van der Waals surface area contributed by atoms with Crippen molar-refractivity contribution in [1.82, 2.24) is 10.6 Å². The van der Waals surface area contributed by atoms with Crippen LogP contribution in [0, 0.1) is 0 Å². The molecular formula is C16H27N3OS. The highest BCUT2D eigenvalue weighted by molar-refractivity contribution is 7.98. The van der Waals surface area contributed by atoms with Gasteiger partial charge in [-0.2, -0.15) is 11.8 Å². The van der Waals surface area contributed by atoms with Crippen LogP contribution in [-0.2, 0) is 0 Å². The van der Waals surface area contributed by atoms with Gasteiger partial charge in [-0.15, -0.1) is 0 Å². The zero-order valence-electron chi connectivity index (χ0n) is 13.4. The van der Waals surface area contributed by atoms with Gasteiger partial charge in [0, 0.05) is 23.5 Å². The van der Waals surface area contributed by atoms with Crippen molar-refractivity contribution in [2.45, 2.75) is 39.3 Å². The summed E-state index contributed by atoms with van der Waals surface area (Å²) in [4.78, 5) is 11.9. The van der Waals surface area contributed by atoms with Gasteiger partial charge >= 0.3 is 6.03 Å². The summed E-state index contributed by atoms with van der Waals surface area (Å²) in [5.74, 6) is 0.908. The molecule has 3 N–H and O–H groups in total. The standard InChI is InChI=1S/C16H27N3OS/c1-5-9-17-13(3)14-7-6-8-15(10-14)19-16(20)18-12(2)11-21-4/h6-8,10,12-13,17H,5,9,11H2,1-4H3,(H2,18,19,20). The van der Waals surface area contributed by atoms with E-state index in [1.165, 1.54) is 5.56 Å². The number of urea groups is 1. The van der Waals surface area contributed by atoms with Crippen molar-refractivity contribution in [3.8, 4) is 0 Å². The normalized spacial score (nSPS) is 13.5. The Morgan fingerprint density at radius 1 is 1.33 bits per heavy atom. The Hall–Kier alpha value is -1.20. The molecule has 0 saturated carbocycles. The molecule has 2 unspecified atom stereocenters. The summed E-state index contributed by atoms with van der Waals surface area (Å²) in [5, 5.41) is 9.27. The molecule has 1 aromatic carbocycles. The van der Waals surface area contributed by atoms with Gasteiger partial charge in [-0.25, -0.2) is 4.79 Å². The van der Waals surface area contributed by atoms with Crippen molar-refractivity contribution >= 4 is 23.5 Å². The number of hydrogen-bond acceptors (Lipinski definition) is 3. The predicted octanol–water partition coefficient (Wildman–Crippen LogP) is 3.62. The van der Waals surface area contributed by atoms with Crippen LogP contribution in [-0.4, -0.2) is 30.6 Å². The summed E-state index contributed by atoms with van der Waals surface area (Å²) in [7, 11) is 0. The van der Waals surface area contributed by atoms with Crippen molar-refractivity contribution in [3.63, 3.8) is 0 Å². The summed E-state index contributed by atoms with van der Waals surface area (Å²) in [6.07, 6.45) is 3.14. The van der Waals surface area contributed by atoms with Gasteiger partial charge in [0.1, 0.15) is 0 Å². The SMILES string of the molecule is CCCNC(C)c1cccc(NC(=O)NC(C)CSC)c1. The molecule has 118 valence electrons. The Balaban J connectivity index is 2.57. The van der Waals surface area contributed by atoms with Gasteiger partial charge in [-0.1, -0.05) is 19.1 Å². The number of nitrogens with one attached hydrogen (secondary N) is 3. The molecule has 0 aliphatic rings. The van der Waals surface area contributed by atoms with Crippen LogP contribution in [0.25, 0.3) is 0 Å². The summed E-state index contributed by atoms with van der Waals surface area (Å²) in [6, 6.07) is 8.27. The second kappa shape index (κ2) is 9.68. The Morgan fingerprint density at radius 2 is 2.10 bits per heavy atom. The molecule has 0 radical (unpaired) electrons. The number of thioether (sulfide) groups is 1. The van der Waals surface area contributed by atoms with Crippen LogP contribution in [0.3, 0.4) is 0 Å². The summed E-state index contributed by atoms with van der Waals surface area (Å²) >= 11 is 1.72. The van der Waals surface area contributed by atoms with Crippen LogP contribution < -0.4 is 16.0 Å². The minimum absolute atomic E-state index is 0.150. The first-order valence-electron chi connectivity index (χ1n) is 7.46. The minimum Gasteiger partial charge on any atom is -0.335 e. The Kier molecular flexibility index (Phi) is 8.23. The van der Waals surface area contributed by atoms with Gasteiger partial charge in [0.15, 0.2) is 0 Å². The number of benzene rings is 1. The van der Waals surface area contributed by atoms with Gasteiger partial charge in [0.2, 0.25) is 0 Å². The quantitative estimate of drug-likeness (QED) is 0.687. The largest absolute Gasteiger partial charge is 0.335 e. The fraction of sp³-hybridized carbons (Fsp3) is 0.562. The lowest BCUT2D eigenvalue weighted by atomic mass is 10.1. The van der Waals surface area contributed by atoms with Crippen LogP contribution in [0.2, 0.25) is 0 Å². The number of amides is 2. The molecule has 1 rings (SSSR count). The zero-order chi connectivity index (χ0) is 15.7. The molecule has 0 bridgehead atoms. The molecular weight excluding hydrogens is 282 g/mol. The Labute approximate surface area is 132 Å². The zero-order valence-corrected chi connectivity index (χ0v) is 14.2. The Morgan fingerprint density at radius 3 is 2.76 bits per heavy atom. The van der Waals surface area contributed by atoms with Crippen LogP contribution in [0.1, 0.15) is 38.8 Å². The molecule has 0 heterocycles. The van der Waals surface area contributed by atoms with Gasteiger partial charge in [0.05, 0.1) is 0 Å². The topological polar surface area (TPSA) is 53.2 Å². The van der Waals surface area contributed by atoms with E-state index in [2.05, 4.69) is 35.9 Å². The highest BCUT2D eigenvalue weighted by Gasteiger charge is 2.08. The summed E-state index contributed by atoms with van der Waals surface area (Å²) in [6.45, 7) is 7.28. The maximum Gasteiger partial charge on any atom is 0.319 e. The molecule has 0 aliphatic heterocycles. The summed E-state index contributed by atoms with van der Waals surface area (Å²) in [5.41, 5.74) is 2.00. The molecule has 0 spiro atoms. The fourth-order valence-corrected chi connectivity index (χ4v) is 2.63. The minimum atomic E-state index is -0.150. The number of rotatable bonds is 8. The average molecular weight is 309 g/mol. The molecule has 0 aliphatic carbocycles. The van der Waals surface area contributed by atoms with E-state index in [4.69, 9.17) is 0 Å². The molecule has 2 atom stereocenters.